The monoisotopic (exact) mass is 398 g/mol. The quantitative estimate of drug-likeness (QED) is 0.628. The van der Waals surface area contributed by atoms with Crippen molar-refractivity contribution in [3.8, 4) is 11.4 Å². The molecule has 0 amide bonds. The van der Waals surface area contributed by atoms with Crippen LogP contribution in [0.1, 0.15) is 32.1 Å². The van der Waals surface area contributed by atoms with Crippen LogP contribution in [0.25, 0.3) is 22.3 Å². The van der Waals surface area contributed by atoms with Gasteiger partial charge in [-0.25, -0.2) is 0 Å². The van der Waals surface area contributed by atoms with Gasteiger partial charge in [0.1, 0.15) is 0 Å². The fourth-order valence-electron chi connectivity index (χ4n) is 4.11. The number of hydrogen-bond donors (Lipinski definition) is 1. The topological polar surface area (TPSA) is 65.0 Å². The van der Waals surface area contributed by atoms with E-state index in [1.165, 1.54) is 18.2 Å². The van der Waals surface area contributed by atoms with Gasteiger partial charge in [0, 0.05) is 41.6 Å². The molecule has 6 nitrogen and oxygen atoms in total. The van der Waals surface area contributed by atoms with Gasteiger partial charge in [-0.15, -0.1) is 10.2 Å². The lowest BCUT2D eigenvalue weighted by Gasteiger charge is -2.22. The molecule has 4 heterocycles. The Morgan fingerprint density at radius 2 is 1.89 bits per heavy atom. The number of aromatic nitrogens is 4. The highest BCUT2D eigenvalue weighted by Gasteiger charge is 2.24. The van der Waals surface area contributed by atoms with E-state index in [-0.39, 0.29) is 6.10 Å². The van der Waals surface area contributed by atoms with Gasteiger partial charge >= 0.3 is 0 Å². The Labute approximate surface area is 169 Å². The number of benzene rings is 1. The van der Waals surface area contributed by atoms with Crippen LogP contribution in [0, 0.1) is 0 Å². The SMILES string of the molecule is c1ccc2c(-c3nnc(SC[C@@H]4CCCCO4)n3C[C@H]3CCCO3)c[nH]c2c1. The summed E-state index contributed by atoms with van der Waals surface area (Å²) in [6.45, 7) is 2.54. The molecule has 1 N–H and O–H groups in total. The lowest BCUT2D eigenvalue weighted by atomic mass is 10.1. The average Bonchev–Trinajstić information content (AvgIpc) is 3.48. The number of fused-ring (bicyclic) bond motifs is 1. The molecule has 28 heavy (non-hydrogen) atoms. The minimum atomic E-state index is 0.241. The number of thioether (sulfide) groups is 1. The van der Waals surface area contributed by atoms with Crippen molar-refractivity contribution in [3.63, 3.8) is 0 Å². The maximum absolute atomic E-state index is 5.92. The standard InChI is InChI=1S/C21H26N4O2S/c1-2-9-19-17(8-1)18(12-22-19)20-23-24-21(25(20)13-15-7-5-11-26-15)28-14-16-6-3-4-10-27-16/h1-2,8-9,12,15-16,22H,3-7,10-11,13-14H2/t15-,16+/m1/s1. The van der Waals surface area contributed by atoms with Crippen LogP contribution in [0.4, 0.5) is 0 Å². The molecule has 2 aromatic heterocycles. The minimum Gasteiger partial charge on any atom is -0.377 e. The number of aromatic amines is 1. The van der Waals surface area contributed by atoms with E-state index in [4.69, 9.17) is 9.47 Å². The molecule has 0 radical (unpaired) electrons. The zero-order valence-electron chi connectivity index (χ0n) is 16.0. The number of ether oxygens (including phenoxy) is 2. The van der Waals surface area contributed by atoms with Gasteiger partial charge in [-0.05, 0) is 38.2 Å². The van der Waals surface area contributed by atoms with E-state index in [1.807, 2.05) is 12.3 Å². The summed E-state index contributed by atoms with van der Waals surface area (Å²) in [6, 6.07) is 8.34. The highest BCUT2D eigenvalue weighted by atomic mass is 32.2. The first-order chi connectivity index (χ1) is 13.9. The van der Waals surface area contributed by atoms with E-state index < -0.39 is 0 Å². The first-order valence-electron chi connectivity index (χ1n) is 10.2. The van der Waals surface area contributed by atoms with E-state index in [0.717, 1.165) is 66.8 Å². The Hall–Kier alpha value is -1.83. The number of H-pyrrole nitrogens is 1. The van der Waals surface area contributed by atoms with E-state index in [1.54, 1.807) is 11.8 Å². The fraction of sp³-hybridized carbons (Fsp3) is 0.524. The number of rotatable bonds is 6. The van der Waals surface area contributed by atoms with Crippen molar-refractivity contribution in [1.82, 2.24) is 19.7 Å². The Kier molecular flexibility index (Phi) is 5.38. The van der Waals surface area contributed by atoms with Gasteiger partial charge in [-0.1, -0.05) is 30.0 Å². The van der Waals surface area contributed by atoms with Gasteiger partial charge in [0.15, 0.2) is 11.0 Å². The van der Waals surface area contributed by atoms with E-state index >= 15 is 0 Å². The summed E-state index contributed by atoms with van der Waals surface area (Å²) in [7, 11) is 0. The lowest BCUT2D eigenvalue weighted by Crippen LogP contribution is -2.22. The Morgan fingerprint density at radius 3 is 2.75 bits per heavy atom. The van der Waals surface area contributed by atoms with E-state index in [2.05, 4.69) is 37.9 Å². The van der Waals surface area contributed by atoms with Crippen molar-refractivity contribution < 1.29 is 9.47 Å². The van der Waals surface area contributed by atoms with Gasteiger partial charge in [0.2, 0.25) is 0 Å². The van der Waals surface area contributed by atoms with Crippen LogP contribution in [0.3, 0.4) is 0 Å². The highest BCUT2D eigenvalue weighted by molar-refractivity contribution is 7.99. The molecular weight excluding hydrogens is 372 g/mol. The van der Waals surface area contributed by atoms with E-state index in [0.29, 0.717) is 6.10 Å². The molecule has 2 fully saturated rings. The van der Waals surface area contributed by atoms with E-state index in [9.17, 15) is 0 Å². The molecule has 7 heteroatoms. The summed E-state index contributed by atoms with van der Waals surface area (Å²) >= 11 is 1.76. The Bertz CT molecular complexity index is 926. The Balaban J connectivity index is 1.45. The average molecular weight is 399 g/mol. The largest absolute Gasteiger partial charge is 0.377 e. The van der Waals surface area contributed by atoms with Crippen LogP contribution in [0.2, 0.25) is 0 Å². The van der Waals surface area contributed by atoms with Gasteiger partial charge in [-0.3, -0.25) is 4.57 Å². The molecule has 1 aromatic carbocycles. The summed E-state index contributed by atoms with van der Waals surface area (Å²) in [5, 5.41) is 11.3. The predicted octanol–water partition coefficient (Wildman–Crippen LogP) is 4.27. The third kappa shape index (κ3) is 3.71. The van der Waals surface area contributed by atoms with Gasteiger partial charge in [0.25, 0.3) is 0 Å². The number of nitrogens with one attached hydrogen (secondary N) is 1. The highest BCUT2D eigenvalue weighted by Crippen LogP contribution is 2.32. The third-order valence-electron chi connectivity index (χ3n) is 5.63. The summed E-state index contributed by atoms with van der Waals surface area (Å²) in [5.41, 5.74) is 2.22. The normalized spacial score (nSPS) is 22.9. The summed E-state index contributed by atoms with van der Waals surface area (Å²) in [6.07, 6.45) is 8.42. The lowest BCUT2D eigenvalue weighted by molar-refractivity contribution is 0.0315. The van der Waals surface area contributed by atoms with Crippen molar-refractivity contribution in [2.45, 2.75) is 56.0 Å². The Morgan fingerprint density at radius 1 is 1.04 bits per heavy atom. The molecule has 2 aliphatic rings. The van der Waals surface area contributed by atoms with Crippen molar-refractivity contribution in [2.75, 3.05) is 19.0 Å². The summed E-state index contributed by atoms with van der Waals surface area (Å²) in [5.74, 6) is 1.84. The molecular formula is C21H26N4O2S. The molecule has 0 spiro atoms. The van der Waals surface area contributed by atoms with Crippen LogP contribution in [-0.4, -0.2) is 50.9 Å². The number of nitrogens with zero attached hydrogens (tertiary/aromatic N) is 3. The molecule has 2 aliphatic heterocycles. The second-order valence-corrected chi connectivity index (χ2v) is 8.59. The minimum absolute atomic E-state index is 0.241. The van der Waals surface area contributed by atoms with Gasteiger partial charge in [-0.2, -0.15) is 0 Å². The van der Waals surface area contributed by atoms with Gasteiger partial charge in [0.05, 0.1) is 18.8 Å². The van der Waals surface area contributed by atoms with Crippen LogP contribution >= 0.6 is 11.8 Å². The molecule has 148 valence electrons. The second-order valence-electron chi connectivity index (χ2n) is 7.60. The van der Waals surface area contributed by atoms with Crippen molar-refractivity contribution in [3.05, 3.63) is 30.5 Å². The zero-order chi connectivity index (χ0) is 18.8. The molecule has 0 saturated carbocycles. The van der Waals surface area contributed by atoms with Crippen molar-refractivity contribution >= 4 is 22.7 Å². The first-order valence-corrected chi connectivity index (χ1v) is 11.2. The third-order valence-corrected chi connectivity index (χ3v) is 6.73. The van der Waals surface area contributed by atoms with Crippen LogP contribution in [0.5, 0.6) is 0 Å². The van der Waals surface area contributed by atoms with Crippen LogP contribution in [0.15, 0.2) is 35.6 Å². The molecule has 2 saturated heterocycles. The summed E-state index contributed by atoms with van der Waals surface area (Å²) in [4.78, 5) is 3.36. The molecule has 0 unspecified atom stereocenters. The number of hydrogen-bond acceptors (Lipinski definition) is 5. The fourth-order valence-corrected chi connectivity index (χ4v) is 5.13. The molecule has 2 atom stereocenters. The van der Waals surface area contributed by atoms with Gasteiger partial charge < -0.3 is 14.5 Å². The molecule has 5 rings (SSSR count). The zero-order valence-corrected chi connectivity index (χ0v) is 16.8. The van der Waals surface area contributed by atoms with Crippen molar-refractivity contribution in [1.29, 1.82) is 0 Å². The maximum Gasteiger partial charge on any atom is 0.191 e. The maximum atomic E-state index is 5.92. The smallest absolute Gasteiger partial charge is 0.191 e. The first kappa shape index (κ1) is 18.2. The van der Waals surface area contributed by atoms with Crippen LogP contribution < -0.4 is 0 Å². The number of para-hydroxylation sites is 1. The molecule has 0 bridgehead atoms. The van der Waals surface area contributed by atoms with Crippen molar-refractivity contribution in [2.24, 2.45) is 0 Å². The molecule has 3 aromatic rings. The van der Waals surface area contributed by atoms with Crippen LogP contribution in [-0.2, 0) is 16.0 Å². The predicted molar refractivity (Wildman–Crippen MR) is 111 cm³/mol. The molecule has 0 aliphatic carbocycles. The summed E-state index contributed by atoms with van der Waals surface area (Å²) < 4.78 is 14.1. The second kappa shape index (κ2) is 8.27.